The molecule has 0 saturated carbocycles. The minimum absolute atomic E-state index is 0.109. The van der Waals surface area contributed by atoms with Gasteiger partial charge in [0.2, 0.25) is 10.0 Å². The van der Waals surface area contributed by atoms with Crippen molar-refractivity contribution in [1.29, 1.82) is 0 Å². The number of aromatic nitrogens is 2. The highest BCUT2D eigenvalue weighted by Crippen LogP contribution is 2.27. The van der Waals surface area contributed by atoms with Crippen LogP contribution in [0.2, 0.25) is 0 Å². The van der Waals surface area contributed by atoms with E-state index < -0.39 is 10.0 Å². The second-order valence-electron chi connectivity index (χ2n) is 4.69. The number of nitrogens with zero attached hydrogens (tertiary/aromatic N) is 2. The maximum atomic E-state index is 12.4. The maximum Gasteiger partial charge on any atom is 0.242 e. The van der Waals surface area contributed by atoms with Crippen LogP contribution in [-0.4, -0.2) is 23.3 Å². The van der Waals surface area contributed by atoms with Gasteiger partial charge in [-0.15, -0.1) is 0 Å². The van der Waals surface area contributed by atoms with Gasteiger partial charge in [0.1, 0.15) is 0 Å². The van der Waals surface area contributed by atoms with Crippen LogP contribution in [-0.2, 0) is 30.2 Å². The molecule has 2 aromatic rings. The molecule has 0 aliphatic heterocycles. The first-order chi connectivity index (χ1) is 9.83. The third kappa shape index (κ3) is 3.70. The molecule has 0 saturated heterocycles. The Morgan fingerprint density at radius 1 is 1.43 bits per heavy atom. The average Bonchev–Trinajstić information content (AvgIpc) is 2.85. The van der Waals surface area contributed by atoms with Crippen LogP contribution in [0.1, 0.15) is 16.8 Å². The molecule has 2 N–H and O–H groups in total. The van der Waals surface area contributed by atoms with Crippen LogP contribution in [0, 0.1) is 6.92 Å². The van der Waals surface area contributed by atoms with E-state index in [0.29, 0.717) is 15.7 Å². The number of hydrogen-bond donors (Lipinski definition) is 2. The normalized spacial score (nSPS) is 11.8. The summed E-state index contributed by atoms with van der Waals surface area (Å²) in [6.45, 7) is 1.68. The highest BCUT2D eigenvalue weighted by Gasteiger charge is 2.20. The SMILES string of the molecule is Cc1cc(CO)cc(S(=O)(=O)NCc2ccn(C)n2)c1Br. The molecule has 0 fully saturated rings. The Morgan fingerprint density at radius 2 is 2.14 bits per heavy atom. The minimum atomic E-state index is -3.69. The van der Waals surface area contributed by atoms with Gasteiger partial charge in [0, 0.05) is 17.7 Å². The van der Waals surface area contributed by atoms with Gasteiger partial charge < -0.3 is 5.11 Å². The Hall–Kier alpha value is -1.22. The molecular weight excluding hydrogens is 358 g/mol. The number of halogens is 1. The first kappa shape index (κ1) is 16.2. The molecular formula is C13H16BrN3O3S. The molecule has 0 radical (unpaired) electrons. The van der Waals surface area contributed by atoms with Crippen LogP contribution < -0.4 is 4.72 Å². The summed E-state index contributed by atoms with van der Waals surface area (Å²) in [6, 6.07) is 4.94. The van der Waals surface area contributed by atoms with Gasteiger partial charge in [0.25, 0.3) is 0 Å². The topological polar surface area (TPSA) is 84.2 Å². The van der Waals surface area contributed by atoms with Crippen molar-refractivity contribution in [3.8, 4) is 0 Å². The summed E-state index contributed by atoms with van der Waals surface area (Å²) in [5, 5.41) is 13.3. The fraction of sp³-hybridized carbons (Fsp3) is 0.308. The van der Waals surface area contributed by atoms with Crippen LogP contribution >= 0.6 is 15.9 Å². The number of hydrogen-bond acceptors (Lipinski definition) is 4. The Morgan fingerprint density at radius 3 is 2.71 bits per heavy atom. The molecule has 6 nitrogen and oxygen atoms in total. The van der Waals surface area contributed by atoms with Crippen LogP contribution in [0.5, 0.6) is 0 Å². The number of aliphatic hydroxyl groups excluding tert-OH is 1. The van der Waals surface area contributed by atoms with Crippen LogP contribution in [0.25, 0.3) is 0 Å². The number of rotatable bonds is 5. The van der Waals surface area contributed by atoms with Crippen LogP contribution in [0.3, 0.4) is 0 Å². The number of sulfonamides is 1. The molecule has 1 aromatic carbocycles. The van der Waals surface area contributed by atoms with Crippen LogP contribution in [0.15, 0.2) is 33.8 Å². The summed E-state index contributed by atoms with van der Waals surface area (Å²) < 4.78 is 29.4. The van der Waals surface area contributed by atoms with Crippen molar-refractivity contribution >= 4 is 26.0 Å². The third-order valence-electron chi connectivity index (χ3n) is 2.97. The van der Waals surface area contributed by atoms with E-state index in [4.69, 9.17) is 0 Å². The maximum absolute atomic E-state index is 12.4. The zero-order valence-corrected chi connectivity index (χ0v) is 14.1. The molecule has 0 spiro atoms. The monoisotopic (exact) mass is 373 g/mol. The van der Waals surface area contributed by atoms with E-state index in [9.17, 15) is 13.5 Å². The quantitative estimate of drug-likeness (QED) is 0.830. The highest BCUT2D eigenvalue weighted by molar-refractivity contribution is 9.10. The Labute approximate surface area is 132 Å². The fourth-order valence-electron chi connectivity index (χ4n) is 1.90. The first-order valence-corrected chi connectivity index (χ1v) is 8.49. The molecule has 0 atom stereocenters. The number of aliphatic hydroxyl groups is 1. The number of nitrogens with one attached hydrogen (secondary N) is 1. The third-order valence-corrected chi connectivity index (χ3v) is 5.71. The molecule has 1 aromatic heterocycles. The van der Waals surface area contributed by atoms with Crippen molar-refractivity contribution in [2.45, 2.75) is 25.0 Å². The largest absolute Gasteiger partial charge is 0.392 e. The van der Waals surface area contributed by atoms with Crippen molar-refractivity contribution in [1.82, 2.24) is 14.5 Å². The fourth-order valence-corrected chi connectivity index (χ4v) is 3.97. The van der Waals surface area contributed by atoms with Crippen molar-refractivity contribution in [2.24, 2.45) is 7.05 Å². The van der Waals surface area contributed by atoms with E-state index in [1.807, 2.05) is 0 Å². The van der Waals surface area contributed by atoms with Gasteiger partial charge >= 0.3 is 0 Å². The Kier molecular flexibility index (Phi) is 4.82. The molecule has 0 aliphatic carbocycles. The van der Waals surface area contributed by atoms with E-state index >= 15 is 0 Å². The summed E-state index contributed by atoms with van der Waals surface area (Å²) in [7, 11) is -1.93. The summed E-state index contributed by atoms with van der Waals surface area (Å²) in [5.41, 5.74) is 1.93. The first-order valence-electron chi connectivity index (χ1n) is 6.21. The van der Waals surface area contributed by atoms with E-state index in [2.05, 4.69) is 25.8 Å². The van der Waals surface area contributed by atoms with Gasteiger partial charge in [-0.25, -0.2) is 13.1 Å². The van der Waals surface area contributed by atoms with Gasteiger partial charge in [-0.05, 0) is 46.1 Å². The number of aryl methyl sites for hydroxylation is 2. The molecule has 114 valence electrons. The van der Waals surface area contributed by atoms with E-state index in [-0.39, 0.29) is 18.0 Å². The zero-order valence-electron chi connectivity index (χ0n) is 11.7. The number of benzene rings is 1. The molecule has 21 heavy (non-hydrogen) atoms. The van der Waals surface area contributed by atoms with Crippen molar-refractivity contribution in [2.75, 3.05) is 0 Å². The van der Waals surface area contributed by atoms with E-state index in [0.717, 1.165) is 5.56 Å². The zero-order chi connectivity index (χ0) is 15.6. The van der Waals surface area contributed by atoms with Crippen molar-refractivity contribution < 1.29 is 13.5 Å². The average molecular weight is 374 g/mol. The van der Waals surface area contributed by atoms with Gasteiger partial charge in [0.15, 0.2) is 0 Å². The molecule has 2 rings (SSSR count). The molecule has 8 heteroatoms. The second kappa shape index (κ2) is 6.27. The summed E-state index contributed by atoms with van der Waals surface area (Å²) in [6.07, 6.45) is 1.75. The lowest BCUT2D eigenvalue weighted by atomic mass is 10.1. The second-order valence-corrected chi connectivity index (χ2v) is 7.22. The lowest BCUT2D eigenvalue weighted by molar-refractivity contribution is 0.281. The van der Waals surface area contributed by atoms with Crippen LogP contribution in [0.4, 0.5) is 0 Å². The molecule has 1 heterocycles. The van der Waals surface area contributed by atoms with Gasteiger partial charge in [-0.1, -0.05) is 6.07 Å². The predicted molar refractivity (Wildman–Crippen MR) is 82.0 cm³/mol. The smallest absolute Gasteiger partial charge is 0.242 e. The summed E-state index contributed by atoms with van der Waals surface area (Å²) in [5.74, 6) is 0. The Balaban J connectivity index is 2.29. The lowest BCUT2D eigenvalue weighted by Gasteiger charge is -2.11. The summed E-state index contributed by atoms with van der Waals surface area (Å²) in [4.78, 5) is 0.113. The highest BCUT2D eigenvalue weighted by atomic mass is 79.9. The summed E-state index contributed by atoms with van der Waals surface area (Å²) >= 11 is 3.29. The van der Waals surface area contributed by atoms with Gasteiger partial charge in [-0.2, -0.15) is 5.10 Å². The predicted octanol–water partition coefficient (Wildman–Crippen LogP) is 1.46. The minimum Gasteiger partial charge on any atom is -0.392 e. The van der Waals surface area contributed by atoms with Gasteiger partial charge in [0.05, 0.1) is 23.7 Å². The van der Waals surface area contributed by atoms with Crippen molar-refractivity contribution in [3.05, 3.63) is 45.7 Å². The van der Waals surface area contributed by atoms with E-state index in [1.54, 1.807) is 37.0 Å². The molecule has 0 unspecified atom stereocenters. The standard InChI is InChI=1S/C13H16BrN3O3S/c1-9-5-10(8-18)6-12(13(9)14)21(19,20)15-7-11-3-4-17(2)16-11/h3-6,15,18H,7-8H2,1-2H3. The molecule has 0 aliphatic rings. The molecule has 0 bridgehead atoms. The Bertz CT molecular complexity index is 756. The lowest BCUT2D eigenvalue weighted by Crippen LogP contribution is -2.24. The van der Waals surface area contributed by atoms with E-state index in [1.165, 1.54) is 6.07 Å². The molecule has 0 amide bonds. The van der Waals surface area contributed by atoms with Crippen molar-refractivity contribution in [3.63, 3.8) is 0 Å². The van der Waals surface area contributed by atoms with Gasteiger partial charge in [-0.3, -0.25) is 4.68 Å².